The molecule has 1 fully saturated rings. The maximum atomic E-state index is 12.2. The van der Waals surface area contributed by atoms with Gasteiger partial charge in [0.1, 0.15) is 4.90 Å². The van der Waals surface area contributed by atoms with E-state index in [2.05, 4.69) is 4.72 Å². The molecule has 2 rings (SSSR count). The summed E-state index contributed by atoms with van der Waals surface area (Å²) >= 11 is 5.96. The summed E-state index contributed by atoms with van der Waals surface area (Å²) in [5.41, 5.74) is 6.25. The minimum atomic E-state index is -3.61. The fourth-order valence-corrected chi connectivity index (χ4v) is 3.50. The fraction of sp³-hybridized carbons (Fsp3) is 0.571. The zero-order chi connectivity index (χ0) is 15.3. The van der Waals surface area contributed by atoms with Crippen molar-refractivity contribution in [2.24, 2.45) is 11.7 Å². The van der Waals surface area contributed by atoms with Gasteiger partial charge in [-0.2, -0.15) is 0 Å². The van der Waals surface area contributed by atoms with Gasteiger partial charge in [-0.15, -0.1) is 0 Å². The molecule has 0 unspecified atom stereocenters. The summed E-state index contributed by atoms with van der Waals surface area (Å²) in [5, 5.41) is 0.199. The van der Waals surface area contributed by atoms with Gasteiger partial charge in [0.15, 0.2) is 0 Å². The van der Waals surface area contributed by atoms with E-state index in [-0.39, 0.29) is 16.5 Å². The van der Waals surface area contributed by atoms with E-state index in [1.165, 1.54) is 18.9 Å². The second-order valence-electron chi connectivity index (χ2n) is 5.24. The van der Waals surface area contributed by atoms with Gasteiger partial charge >= 0.3 is 0 Å². The summed E-state index contributed by atoms with van der Waals surface area (Å²) in [6, 6.07) is 4.78. The van der Waals surface area contributed by atoms with E-state index in [9.17, 15) is 8.42 Å². The molecule has 1 aromatic rings. The quantitative estimate of drug-likeness (QED) is 0.677. The molecule has 0 bridgehead atoms. The Morgan fingerprint density at radius 1 is 1.38 bits per heavy atom. The van der Waals surface area contributed by atoms with E-state index in [0.29, 0.717) is 19.6 Å². The van der Waals surface area contributed by atoms with Gasteiger partial charge in [-0.25, -0.2) is 13.1 Å². The molecule has 0 amide bonds. The molecule has 118 valence electrons. The summed E-state index contributed by atoms with van der Waals surface area (Å²) in [5.74, 6) is 0.722. The molecule has 0 saturated heterocycles. The van der Waals surface area contributed by atoms with Gasteiger partial charge in [-0.1, -0.05) is 17.7 Å². The number of sulfonamides is 1. The van der Waals surface area contributed by atoms with Crippen LogP contribution in [0.15, 0.2) is 23.1 Å². The van der Waals surface area contributed by atoms with Crippen LogP contribution in [0.2, 0.25) is 5.02 Å². The van der Waals surface area contributed by atoms with Crippen molar-refractivity contribution in [2.45, 2.75) is 30.7 Å². The van der Waals surface area contributed by atoms with Crippen molar-refractivity contribution < 1.29 is 13.2 Å². The second kappa shape index (κ2) is 7.56. The predicted octanol–water partition coefficient (Wildman–Crippen LogP) is 1.89. The van der Waals surface area contributed by atoms with Crippen LogP contribution in [0.5, 0.6) is 0 Å². The van der Waals surface area contributed by atoms with Gasteiger partial charge in [0.25, 0.3) is 0 Å². The van der Waals surface area contributed by atoms with Crippen LogP contribution >= 0.6 is 11.6 Å². The van der Waals surface area contributed by atoms with E-state index in [1.54, 1.807) is 12.1 Å². The van der Waals surface area contributed by atoms with Gasteiger partial charge in [-0.05, 0) is 42.9 Å². The van der Waals surface area contributed by atoms with Crippen LogP contribution in [0.4, 0.5) is 0 Å². The maximum Gasteiger partial charge on any atom is 0.242 e. The highest BCUT2D eigenvalue weighted by atomic mass is 35.5. The number of nitrogens with two attached hydrogens (primary N) is 1. The summed E-state index contributed by atoms with van der Waals surface area (Å²) in [4.78, 5) is 0.0750. The number of ether oxygens (including phenoxy) is 1. The molecule has 21 heavy (non-hydrogen) atoms. The van der Waals surface area contributed by atoms with Gasteiger partial charge in [0.05, 0.1) is 5.02 Å². The Balaban J connectivity index is 1.82. The van der Waals surface area contributed by atoms with Crippen LogP contribution in [-0.2, 0) is 21.3 Å². The number of rotatable bonds is 9. The Morgan fingerprint density at radius 3 is 2.81 bits per heavy atom. The highest BCUT2D eigenvalue weighted by Crippen LogP contribution is 2.28. The molecule has 5 nitrogen and oxygen atoms in total. The standard InChI is InChI=1S/C14H21ClN2O3S/c15-13-5-4-12(9-16)8-14(13)21(18,19)17-6-1-7-20-10-11-2-3-11/h4-5,8,11,17H,1-3,6-7,9-10,16H2. The smallest absolute Gasteiger partial charge is 0.242 e. The molecule has 1 saturated carbocycles. The third-order valence-corrected chi connectivity index (χ3v) is 5.27. The lowest BCUT2D eigenvalue weighted by molar-refractivity contribution is 0.123. The monoisotopic (exact) mass is 332 g/mol. The molecule has 1 aromatic carbocycles. The van der Waals surface area contributed by atoms with Gasteiger partial charge in [0.2, 0.25) is 10.0 Å². The number of halogens is 1. The van der Waals surface area contributed by atoms with Crippen molar-refractivity contribution in [3.05, 3.63) is 28.8 Å². The lowest BCUT2D eigenvalue weighted by Gasteiger charge is -2.10. The molecule has 1 aliphatic carbocycles. The molecule has 3 N–H and O–H groups in total. The average Bonchev–Trinajstić information content (AvgIpc) is 3.27. The minimum absolute atomic E-state index is 0.0750. The maximum absolute atomic E-state index is 12.2. The molecule has 1 aliphatic rings. The topological polar surface area (TPSA) is 81.4 Å². The lowest BCUT2D eigenvalue weighted by atomic mass is 10.2. The van der Waals surface area contributed by atoms with Crippen molar-refractivity contribution in [1.82, 2.24) is 4.72 Å². The number of hydrogen-bond acceptors (Lipinski definition) is 4. The van der Waals surface area contributed by atoms with Crippen molar-refractivity contribution in [3.63, 3.8) is 0 Å². The normalized spacial score (nSPS) is 15.3. The Bertz CT molecular complexity index is 574. The molecule has 0 aliphatic heterocycles. The largest absolute Gasteiger partial charge is 0.381 e. The molecule has 0 heterocycles. The lowest BCUT2D eigenvalue weighted by Crippen LogP contribution is -2.26. The molecule has 0 aromatic heterocycles. The summed E-state index contributed by atoms with van der Waals surface area (Å²) in [7, 11) is -3.61. The van der Waals surface area contributed by atoms with E-state index >= 15 is 0 Å². The number of benzene rings is 1. The number of hydrogen-bond donors (Lipinski definition) is 2. The van der Waals surface area contributed by atoms with Crippen LogP contribution in [0.25, 0.3) is 0 Å². The average molecular weight is 333 g/mol. The predicted molar refractivity (Wildman–Crippen MR) is 82.7 cm³/mol. The second-order valence-corrected chi connectivity index (χ2v) is 7.38. The Hall–Kier alpha value is -0.660. The van der Waals surface area contributed by atoms with Crippen LogP contribution in [0.3, 0.4) is 0 Å². The van der Waals surface area contributed by atoms with E-state index in [4.69, 9.17) is 22.1 Å². The van der Waals surface area contributed by atoms with Gasteiger partial charge < -0.3 is 10.5 Å². The third kappa shape index (κ3) is 5.23. The zero-order valence-corrected chi connectivity index (χ0v) is 13.4. The summed E-state index contributed by atoms with van der Waals surface area (Å²) < 4.78 is 32.4. The number of nitrogens with one attached hydrogen (secondary N) is 1. The zero-order valence-electron chi connectivity index (χ0n) is 11.8. The highest BCUT2D eigenvalue weighted by Gasteiger charge is 2.21. The summed E-state index contributed by atoms with van der Waals surface area (Å²) in [6.07, 6.45) is 3.14. The first-order chi connectivity index (χ1) is 10.0. The van der Waals surface area contributed by atoms with Crippen LogP contribution in [0, 0.1) is 5.92 Å². The molecular formula is C14H21ClN2O3S. The van der Waals surface area contributed by atoms with Crippen molar-refractivity contribution in [3.8, 4) is 0 Å². The van der Waals surface area contributed by atoms with Crippen LogP contribution < -0.4 is 10.5 Å². The molecule has 7 heteroatoms. The van der Waals surface area contributed by atoms with Gasteiger partial charge in [-0.3, -0.25) is 0 Å². The minimum Gasteiger partial charge on any atom is -0.381 e. The Labute approximate surface area is 130 Å². The van der Waals surface area contributed by atoms with Crippen LogP contribution in [-0.4, -0.2) is 28.2 Å². The Kier molecular flexibility index (Phi) is 6.01. The highest BCUT2D eigenvalue weighted by molar-refractivity contribution is 7.89. The fourth-order valence-electron chi connectivity index (χ4n) is 1.87. The first-order valence-corrected chi connectivity index (χ1v) is 8.95. The van der Waals surface area contributed by atoms with Crippen molar-refractivity contribution in [1.29, 1.82) is 0 Å². The molecular weight excluding hydrogens is 312 g/mol. The Morgan fingerprint density at radius 2 is 2.14 bits per heavy atom. The molecule has 0 radical (unpaired) electrons. The van der Waals surface area contributed by atoms with Crippen LogP contribution in [0.1, 0.15) is 24.8 Å². The molecule has 0 atom stereocenters. The van der Waals surface area contributed by atoms with Crippen molar-refractivity contribution >= 4 is 21.6 Å². The van der Waals surface area contributed by atoms with Gasteiger partial charge in [0, 0.05) is 26.3 Å². The first-order valence-electron chi connectivity index (χ1n) is 7.09. The van der Waals surface area contributed by atoms with E-state index in [1.807, 2.05) is 0 Å². The SMILES string of the molecule is NCc1ccc(Cl)c(S(=O)(=O)NCCCOCC2CC2)c1. The first kappa shape index (κ1) is 16.7. The summed E-state index contributed by atoms with van der Waals surface area (Å²) in [6.45, 7) is 1.96. The third-order valence-electron chi connectivity index (χ3n) is 3.33. The van der Waals surface area contributed by atoms with E-state index < -0.39 is 10.0 Å². The molecule has 0 spiro atoms. The van der Waals surface area contributed by atoms with Crippen molar-refractivity contribution in [2.75, 3.05) is 19.8 Å². The van der Waals surface area contributed by atoms with E-state index in [0.717, 1.165) is 18.1 Å².